The molecule has 1 fully saturated rings. The van der Waals surface area contributed by atoms with Gasteiger partial charge in [0, 0.05) is 12.2 Å². The molecular weight excluding hydrogens is 377 g/mol. The number of halogens is 2. The van der Waals surface area contributed by atoms with E-state index in [0.717, 1.165) is 22.9 Å². The van der Waals surface area contributed by atoms with Crippen molar-refractivity contribution in [2.45, 2.75) is 39.5 Å². The first-order chi connectivity index (χ1) is 11.5. The van der Waals surface area contributed by atoms with Gasteiger partial charge in [-0.25, -0.2) is 9.67 Å². The van der Waals surface area contributed by atoms with Crippen molar-refractivity contribution in [2.24, 2.45) is 0 Å². The standard InChI is InChI=1S/C17H23N5O2.2ClH/c1-11-16(18-7-8-24-11)17(23)20-15-6-4-5-14(9-15)10-22-13(3)19-12(2)21-22;;/h4-6,9,11,16,18H,7-8,10H2,1-3H3,(H,20,23);2*1H/t11-,16+;;/m1../s1. The van der Waals surface area contributed by atoms with Gasteiger partial charge in [0.2, 0.25) is 5.91 Å². The number of carbonyl (C=O) groups excluding carboxylic acids is 1. The molecule has 0 aliphatic carbocycles. The number of anilines is 1. The summed E-state index contributed by atoms with van der Waals surface area (Å²) < 4.78 is 7.38. The molecule has 1 saturated heterocycles. The van der Waals surface area contributed by atoms with Crippen LogP contribution in [-0.4, -0.2) is 46.0 Å². The lowest BCUT2D eigenvalue weighted by atomic mass is 10.1. The van der Waals surface area contributed by atoms with Crippen LogP contribution in [-0.2, 0) is 16.1 Å². The number of aromatic nitrogens is 3. The monoisotopic (exact) mass is 401 g/mol. The molecule has 1 aromatic heterocycles. The highest BCUT2D eigenvalue weighted by Crippen LogP contribution is 2.14. The third-order valence-corrected chi connectivity index (χ3v) is 4.09. The van der Waals surface area contributed by atoms with Gasteiger partial charge in [0.05, 0.1) is 19.3 Å². The molecule has 1 aliphatic heterocycles. The number of hydrogen-bond donors (Lipinski definition) is 2. The fourth-order valence-electron chi connectivity index (χ4n) is 2.88. The molecule has 9 heteroatoms. The zero-order chi connectivity index (χ0) is 17.1. The fraction of sp³-hybridized carbons (Fsp3) is 0.471. The van der Waals surface area contributed by atoms with Crippen LogP contribution in [0.3, 0.4) is 0 Å². The molecule has 2 atom stereocenters. The second-order valence-electron chi connectivity index (χ2n) is 6.06. The van der Waals surface area contributed by atoms with Crippen LogP contribution in [0.25, 0.3) is 0 Å². The molecule has 2 aromatic rings. The molecule has 3 rings (SSSR count). The highest BCUT2D eigenvalue weighted by atomic mass is 35.5. The minimum Gasteiger partial charge on any atom is -0.375 e. The number of nitrogens with zero attached hydrogens (tertiary/aromatic N) is 3. The number of rotatable bonds is 4. The van der Waals surface area contributed by atoms with Gasteiger partial charge in [-0.05, 0) is 38.5 Å². The Kier molecular flexibility index (Phi) is 8.49. The number of aryl methyl sites for hydroxylation is 2. The first kappa shape index (κ1) is 22.4. The average molecular weight is 402 g/mol. The molecule has 2 N–H and O–H groups in total. The van der Waals surface area contributed by atoms with E-state index in [2.05, 4.69) is 20.7 Å². The summed E-state index contributed by atoms with van der Waals surface area (Å²) in [5.74, 6) is 1.56. The van der Waals surface area contributed by atoms with Gasteiger partial charge in [-0.2, -0.15) is 5.10 Å². The molecule has 1 amide bonds. The maximum Gasteiger partial charge on any atom is 0.244 e. The summed E-state index contributed by atoms with van der Waals surface area (Å²) in [6.07, 6.45) is -0.136. The molecule has 26 heavy (non-hydrogen) atoms. The van der Waals surface area contributed by atoms with Crippen LogP contribution >= 0.6 is 24.8 Å². The maximum atomic E-state index is 12.4. The SMILES string of the molecule is Cc1nc(C)n(Cc2cccc(NC(=O)[C@H]3NCCO[C@@H]3C)c2)n1.Cl.Cl. The smallest absolute Gasteiger partial charge is 0.244 e. The Labute approximate surface area is 165 Å². The van der Waals surface area contributed by atoms with Crippen LogP contribution in [0.4, 0.5) is 5.69 Å². The van der Waals surface area contributed by atoms with Crippen molar-refractivity contribution in [1.29, 1.82) is 0 Å². The van der Waals surface area contributed by atoms with Crippen molar-refractivity contribution < 1.29 is 9.53 Å². The van der Waals surface area contributed by atoms with Crippen molar-refractivity contribution in [2.75, 3.05) is 18.5 Å². The third-order valence-electron chi connectivity index (χ3n) is 4.09. The van der Waals surface area contributed by atoms with Gasteiger partial charge < -0.3 is 15.4 Å². The summed E-state index contributed by atoms with van der Waals surface area (Å²) in [4.78, 5) is 16.7. The molecular formula is C17H25Cl2N5O2. The van der Waals surface area contributed by atoms with E-state index in [1.54, 1.807) is 0 Å². The lowest BCUT2D eigenvalue weighted by molar-refractivity contribution is -0.123. The van der Waals surface area contributed by atoms with Crippen LogP contribution in [0, 0.1) is 13.8 Å². The summed E-state index contributed by atoms with van der Waals surface area (Å²) in [5.41, 5.74) is 1.83. The topological polar surface area (TPSA) is 81.1 Å². The Bertz CT molecular complexity index is 738. The van der Waals surface area contributed by atoms with Crippen molar-refractivity contribution in [3.63, 3.8) is 0 Å². The molecule has 0 bridgehead atoms. The van der Waals surface area contributed by atoms with Gasteiger partial charge in [0.1, 0.15) is 17.7 Å². The van der Waals surface area contributed by atoms with Gasteiger partial charge in [-0.15, -0.1) is 24.8 Å². The van der Waals surface area contributed by atoms with Gasteiger partial charge in [-0.3, -0.25) is 4.79 Å². The first-order valence-electron chi connectivity index (χ1n) is 8.16. The van der Waals surface area contributed by atoms with Gasteiger partial charge >= 0.3 is 0 Å². The van der Waals surface area contributed by atoms with E-state index in [1.165, 1.54) is 0 Å². The summed E-state index contributed by atoms with van der Waals surface area (Å²) in [5, 5.41) is 10.5. The van der Waals surface area contributed by atoms with Crippen LogP contribution in [0.2, 0.25) is 0 Å². The van der Waals surface area contributed by atoms with E-state index < -0.39 is 0 Å². The Hall–Kier alpha value is -1.67. The van der Waals surface area contributed by atoms with Gasteiger partial charge in [0.15, 0.2) is 0 Å². The largest absolute Gasteiger partial charge is 0.375 e. The molecule has 1 aliphatic rings. The van der Waals surface area contributed by atoms with E-state index in [0.29, 0.717) is 19.7 Å². The highest BCUT2D eigenvalue weighted by molar-refractivity contribution is 5.95. The van der Waals surface area contributed by atoms with Crippen molar-refractivity contribution in [1.82, 2.24) is 20.1 Å². The van der Waals surface area contributed by atoms with Gasteiger partial charge in [0.25, 0.3) is 0 Å². The highest BCUT2D eigenvalue weighted by Gasteiger charge is 2.28. The zero-order valence-corrected chi connectivity index (χ0v) is 16.7. The molecule has 7 nitrogen and oxygen atoms in total. The maximum absolute atomic E-state index is 12.4. The molecule has 144 valence electrons. The van der Waals surface area contributed by atoms with E-state index in [9.17, 15) is 4.79 Å². The second-order valence-corrected chi connectivity index (χ2v) is 6.06. The van der Waals surface area contributed by atoms with Gasteiger partial charge in [-0.1, -0.05) is 12.1 Å². The van der Waals surface area contributed by atoms with Crippen LogP contribution in [0.1, 0.15) is 24.1 Å². The molecule has 0 spiro atoms. The zero-order valence-electron chi connectivity index (χ0n) is 15.1. The molecule has 0 saturated carbocycles. The normalized spacial score (nSPS) is 19.2. The Balaban J connectivity index is 0.00000169. The van der Waals surface area contributed by atoms with Crippen LogP contribution < -0.4 is 10.6 Å². The van der Waals surface area contributed by atoms with Crippen molar-refractivity contribution in [3.8, 4) is 0 Å². The lowest BCUT2D eigenvalue weighted by Gasteiger charge is -2.29. The minimum absolute atomic E-state index is 0. The van der Waals surface area contributed by atoms with Crippen molar-refractivity contribution >= 4 is 36.4 Å². The van der Waals surface area contributed by atoms with Crippen LogP contribution in [0.15, 0.2) is 24.3 Å². The summed E-state index contributed by atoms with van der Waals surface area (Å²) >= 11 is 0. The summed E-state index contributed by atoms with van der Waals surface area (Å²) in [6, 6.07) is 7.45. The van der Waals surface area contributed by atoms with E-state index in [1.807, 2.05) is 49.7 Å². The Morgan fingerprint density at radius 1 is 1.38 bits per heavy atom. The van der Waals surface area contributed by atoms with Crippen LogP contribution in [0.5, 0.6) is 0 Å². The fourth-order valence-corrected chi connectivity index (χ4v) is 2.88. The molecule has 0 unspecified atom stereocenters. The van der Waals surface area contributed by atoms with Crippen molar-refractivity contribution in [3.05, 3.63) is 41.5 Å². The molecule has 1 aromatic carbocycles. The number of amides is 1. The number of carbonyl (C=O) groups is 1. The number of hydrogen-bond acceptors (Lipinski definition) is 5. The number of ether oxygens (including phenoxy) is 1. The lowest BCUT2D eigenvalue weighted by Crippen LogP contribution is -2.53. The number of morpholine rings is 1. The minimum atomic E-state index is -0.331. The molecule has 2 heterocycles. The second kappa shape index (κ2) is 9.87. The first-order valence-corrected chi connectivity index (χ1v) is 8.16. The van der Waals surface area contributed by atoms with E-state index in [4.69, 9.17) is 4.74 Å². The quantitative estimate of drug-likeness (QED) is 0.819. The Morgan fingerprint density at radius 2 is 2.15 bits per heavy atom. The molecule has 0 radical (unpaired) electrons. The predicted octanol–water partition coefficient (Wildman–Crippen LogP) is 2.10. The summed E-state index contributed by atoms with van der Waals surface area (Å²) in [7, 11) is 0. The predicted molar refractivity (Wildman–Crippen MR) is 105 cm³/mol. The van der Waals surface area contributed by atoms with E-state index in [-0.39, 0.29) is 42.9 Å². The third kappa shape index (κ3) is 5.41. The average Bonchev–Trinajstić information content (AvgIpc) is 2.85. The van der Waals surface area contributed by atoms with E-state index >= 15 is 0 Å². The Morgan fingerprint density at radius 3 is 2.81 bits per heavy atom. The number of benzene rings is 1. The summed E-state index contributed by atoms with van der Waals surface area (Å²) in [6.45, 7) is 7.66. The number of nitrogens with one attached hydrogen (secondary N) is 2.